The molecule has 1 amide bonds. The first-order valence-corrected chi connectivity index (χ1v) is 10.2. The molecule has 0 aromatic heterocycles. The summed E-state index contributed by atoms with van der Waals surface area (Å²) in [5.74, 6) is -1.54. The smallest absolute Gasteiger partial charge is 0.338 e. The van der Waals surface area contributed by atoms with Crippen LogP contribution in [0.25, 0.3) is 0 Å². The Morgan fingerprint density at radius 1 is 1.03 bits per heavy atom. The molecule has 0 aliphatic carbocycles. The molecule has 0 N–H and O–H groups in total. The van der Waals surface area contributed by atoms with Gasteiger partial charge in [-0.1, -0.05) is 36.4 Å². The van der Waals surface area contributed by atoms with Crippen LogP contribution in [0.2, 0.25) is 0 Å². The first-order chi connectivity index (χ1) is 14.9. The summed E-state index contributed by atoms with van der Waals surface area (Å²) in [5, 5.41) is 0. The molecule has 7 nitrogen and oxygen atoms in total. The maximum atomic E-state index is 12.8. The van der Waals surface area contributed by atoms with E-state index in [2.05, 4.69) is 0 Å². The third-order valence-electron chi connectivity index (χ3n) is 5.14. The molecular weight excluding hydrogens is 398 g/mol. The molecule has 1 heterocycles. The number of hydrogen-bond donors (Lipinski definition) is 0. The minimum absolute atomic E-state index is 0.117. The molecule has 0 unspecified atom stereocenters. The number of rotatable bonds is 7. The largest absolute Gasteiger partial charge is 0.467 e. The maximum Gasteiger partial charge on any atom is 0.338 e. The zero-order valence-corrected chi connectivity index (χ0v) is 18.0. The fraction of sp³-hybridized carbons (Fsp3) is 0.375. The van der Waals surface area contributed by atoms with E-state index in [0.29, 0.717) is 18.6 Å². The van der Waals surface area contributed by atoms with Crippen LogP contribution in [0.1, 0.15) is 40.9 Å². The predicted octanol–water partition coefficient (Wildman–Crippen LogP) is 2.89. The van der Waals surface area contributed by atoms with Crippen molar-refractivity contribution in [2.24, 2.45) is 0 Å². The normalized spacial score (nSPS) is 15.4. The van der Waals surface area contributed by atoms with E-state index in [4.69, 9.17) is 14.2 Å². The summed E-state index contributed by atoms with van der Waals surface area (Å²) in [6.07, 6.45) is 0.480. The lowest BCUT2D eigenvalue weighted by molar-refractivity contribution is -0.155. The molecule has 7 heteroatoms. The third-order valence-corrected chi connectivity index (χ3v) is 5.14. The van der Waals surface area contributed by atoms with Crippen LogP contribution in [0.4, 0.5) is 0 Å². The Bertz CT molecular complexity index is 937. The van der Waals surface area contributed by atoms with Gasteiger partial charge >= 0.3 is 11.9 Å². The standard InChI is InChI=1S/C24H27NO6/c1-16(2)30-14-17-8-10-18(11-9-17)23(27)31-15-22(26)25-13-20-7-5-4-6-19(20)12-21(25)24(28)29-3/h4-11,16,21H,12-15H2,1-3H3/t21-/m1/s1. The van der Waals surface area contributed by atoms with Crippen LogP contribution in [0.15, 0.2) is 48.5 Å². The number of esters is 2. The molecule has 0 saturated heterocycles. The number of carbonyl (C=O) groups is 3. The molecule has 0 spiro atoms. The lowest BCUT2D eigenvalue weighted by Gasteiger charge is -2.35. The molecule has 1 atom stereocenters. The zero-order chi connectivity index (χ0) is 22.4. The molecule has 31 heavy (non-hydrogen) atoms. The Morgan fingerprint density at radius 3 is 2.35 bits per heavy atom. The van der Waals surface area contributed by atoms with Crippen LogP contribution < -0.4 is 0 Å². The van der Waals surface area contributed by atoms with Gasteiger partial charge in [0.1, 0.15) is 6.04 Å². The van der Waals surface area contributed by atoms with Gasteiger partial charge in [-0.05, 0) is 42.7 Å². The van der Waals surface area contributed by atoms with Crippen LogP contribution in [-0.4, -0.2) is 48.6 Å². The number of ether oxygens (including phenoxy) is 3. The Morgan fingerprint density at radius 2 is 1.71 bits per heavy atom. The first kappa shape index (κ1) is 22.5. The minimum atomic E-state index is -0.744. The summed E-state index contributed by atoms with van der Waals surface area (Å²) in [7, 11) is 1.29. The summed E-state index contributed by atoms with van der Waals surface area (Å²) in [6, 6.07) is 13.7. The Hall–Kier alpha value is -3.19. The summed E-state index contributed by atoms with van der Waals surface area (Å²) < 4.78 is 15.6. The van der Waals surface area contributed by atoms with E-state index < -0.39 is 30.5 Å². The number of carbonyl (C=O) groups excluding carboxylic acids is 3. The van der Waals surface area contributed by atoms with Crippen molar-refractivity contribution < 1.29 is 28.6 Å². The van der Waals surface area contributed by atoms with Gasteiger partial charge in [-0.15, -0.1) is 0 Å². The van der Waals surface area contributed by atoms with Crippen molar-refractivity contribution in [1.29, 1.82) is 0 Å². The second kappa shape index (κ2) is 10.2. The van der Waals surface area contributed by atoms with Crippen molar-refractivity contribution in [3.05, 3.63) is 70.8 Å². The van der Waals surface area contributed by atoms with Crippen molar-refractivity contribution in [3.8, 4) is 0 Å². The van der Waals surface area contributed by atoms with Gasteiger partial charge in [-0.2, -0.15) is 0 Å². The zero-order valence-electron chi connectivity index (χ0n) is 18.0. The van der Waals surface area contributed by atoms with Crippen LogP contribution in [0.3, 0.4) is 0 Å². The molecule has 1 aliphatic heterocycles. The fourth-order valence-corrected chi connectivity index (χ4v) is 3.43. The monoisotopic (exact) mass is 425 g/mol. The molecule has 0 bridgehead atoms. The summed E-state index contributed by atoms with van der Waals surface area (Å²) in [5.41, 5.74) is 3.24. The molecule has 0 saturated carbocycles. The summed E-state index contributed by atoms with van der Waals surface area (Å²) in [4.78, 5) is 38.8. The number of hydrogen-bond acceptors (Lipinski definition) is 6. The van der Waals surface area contributed by atoms with Crippen LogP contribution in [0.5, 0.6) is 0 Å². The van der Waals surface area contributed by atoms with E-state index in [1.54, 1.807) is 24.3 Å². The van der Waals surface area contributed by atoms with Crippen LogP contribution in [-0.2, 0) is 43.4 Å². The van der Waals surface area contributed by atoms with Gasteiger partial charge in [0.15, 0.2) is 6.61 Å². The third kappa shape index (κ3) is 5.70. The Balaban J connectivity index is 1.62. The predicted molar refractivity (Wildman–Crippen MR) is 113 cm³/mol. The van der Waals surface area contributed by atoms with Gasteiger partial charge in [-0.3, -0.25) is 4.79 Å². The van der Waals surface area contributed by atoms with Gasteiger partial charge in [0.05, 0.1) is 25.4 Å². The van der Waals surface area contributed by atoms with Gasteiger partial charge in [0.2, 0.25) is 0 Å². The fourth-order valence-electron chi connectivity index (χ4n) is 3.43. The highest BCUT2D eigenvalue weighted by atomic mass is 16.5. The maximum absolute atomic E-state index is 12.8. The van der Waals surface area contributed by atoms with E-state index >= 15 is 0 Å². The molecule has 164 valence electrons. The second-order valence-corrected chi connectivity index (χ2v) is 7.67. The van der Waals surface area contributed by atoms with Crippen molar-refractivity contribution >= 4 is 17.8 Å². The molecule has 0 fully saturated rings. The van der Waals surface area contributed by atoms with E-state index in [1.807, 2.05) is 38.1 Å². The summed E-state index contributed by atoms with van der Waals surface area (Å²) in [6.45, 7) is 4.17. The van der Waals surface area contributed by atoms with Crippen molar-refractivity contribution in [2.45, 2.75) is 45.6 Å². The second-order valence-electron chi connectivity index (χ2n) is 7.67. The SMILES string of the molecule is COC(=O)[C@H]1Cc2ccccc2CN1C(=O)COC(=O)c1ccc(COC(C)C)cc1. The summed E-state index contributed by atoms with van der Waals surface area (Å²) >= 11 is 0. The van der Waals surface area contributed by atoms with Crippen molar-refractivity contribution in [1.82, 2.24) is 4.90 Å². The number of amides is 1. The topological polar surface area (TPSA) is 82.1 Å². The number of fused-ring (bicyclic) bond motifs is 1. The first-order valence-electron chi connectivity index (χ1n) is 10.2. The minimum Gasteiger partial charge on any atom is -0.467 e. The molecule has 1 aliphatic rings. The lowest BCUT2D eigenvalue weighted by Crippen LogP contribution is -2.50. The molecule has 2 aromatic rings. The highest BCUT2D eigenvalue weighted by molar-refractivity contribution is 5.92. The molecule has 0 radical (unpaired) electrons. The number of benzene rings is 2. The van der Waals surface area contributed by atoms with Gasteiger partial charge < -0.3 is 19.1 Å². The molecular formula is C24H27NO6. The van der Waals surface area contributed by atoms with Gasteiger partial charge in [0.25, 0.3) is 5.91 Å². The highest BCUT2D eigenvalue weighted by Gasteiger charge is 2.35. The van der Waals surface area contributed by atoms with Crippen LogP contribution >= 0.6 is 0 Å². The highest BCUT2D eigenvalue weighted by Crippen LogP contribution is 2.24. The quantitative estimate of drug-likeness (QED) is 0.635. The van der Waals surface area contributed by atoms with Crippen molar-refractivity contribution in [2.75, 3.05) is 13.7 Å². The van der Waals surface area contributed by atoms with Crippen molar-refractivity contribution in [3.63, 3.8) is 0 Å². The van der Waals surface area contributed by atoms with E-state index in [1.165, 1.54) is 12.0 Å². The molecule has 2 aromatic carbocycles. The number of nitrogens with zero attached hydrogens (tertiary/aromatic N) is 1. The van der Waals surface area contributed by atoms with E-state index in [-0.39, 0.29) is 12.6 Å². The average molecular weight is 425 g/mol. The van der Waals surface area contributed by atoms with E-state index in [9.17, 15) is 14.4 Å². The van der Waals surface area contributed by atoms with E-state index in [0.717, 1.165) is 16.7 Å². The molecule has 3 rings (SSSR count). The number of methoxy groups -OCH3 is 1. The Kier molecular flexibility index (Phi) is 7.41. The lowest BCUT2D eigenvalue weighted by atomic mass is 9.94. The van der Waals surface area contributed by atoms with Gasteiger partial charge in [-0.25, -0.2) is 9.59 Å². The average Bonchev–Trinajstić information content (AvgIpc) is 2.79. The van der Waals surface area contributed by atoms with Crippen LogP contribution in [0, 0.1) is 0 Å². The van der Waals surface area contributed by atoms with Gasteiger partial charge in [0, 0.05) is 13.0 Å². The Labute approximate surface area is 181 Å².